The molecule has 1 aliphatic carbocycles. The summed E-state index contributed by atoms with van der Waals surface area (Å²) in [7, 11) is 0. The first-order valence-electron chi connectivity index (χ1n) is 7.12. The zero-order valence-corrected chi connectivity index (χ0v) is 11.7. The van der Waals surface area contributed by atoms with E-state index < -0.39 is 5.97 Å². The fraction of sp³-hybridized carbons (Fsp3) is 0.643. The summed E-state index contributed by atoms with van der Waals surface area (Å²) < 4.78 is 5.29. The first-order valence-corrected chi connectivity index (χ1v) is 7.12. The molecule has 2 atom stereocenters. The van der Waals surface area contributed by atoms with Crippen LogP contribution in [0.4, 0.5) is 5.82 Å². The van der Waals surface area contributed by atoms with Gasteiger partial charge in [0, 0.05) is 6.54 Å². The molecule has 0 amide bonds. The topological polar surface area (TPSA) is 84.3 Å². The molecule has 0 aromatic carbocycles. The number of hydrogen-bond acceptors (Lipinski definition) is 5. The van der Waals surface area contributed by atoms with Crippen molar-refractivity contribution in [1.82, 2.24) is 9.97 Å². The molecule has 0 saturated heterocycles. The normalized spacial score (nSPS) is 22.2. The SMILES string of the molecule is CCOc1cncc(NCC2CCCCC2C(=O)O)n1. The number of aromatic nitrogens is 2. The Labute approximate surface area is 118 Å². The van der Waals surface area contributed by atoms with E-state index in [1.165, 1.54) is 0 Å². The molecule has 6 heteroatoms. The first kappa shape index (κ1) is 14.6. The van der Waals surface area contributed by atoms with Gasteiger partial charge >= 0.3 is 5.97 Å². The molecule has 1 saturated carbocycles. The summed E-state index contributed by atoms with van der Waals surface area (Å²) in [6.07, 6.45) is 7.01. The zero-order valence-electron chi connectivity index (χ0n) is 11.7. The van der Waals surface area contributed by atoms with E-state index in [2.05, 4.69) is 15.3 Å². The lowest BCUT2D eigenvalue weighted by molar-refractivity contribution is -0.144. The molecule has 1 aromatic rings. The standard InChI is InChI=1S/C14H21N3O3/c1-2-20-13-9-15-8-12(17-13)16-7-10-5-3-4-6-11(10)14(18)19/h8-11H,2-7H2,1H3,(H,16,17)(H,18,19). The number of nitrogens with one attached hydrogen (secondary N) is 1. The molecule has 1 aromatic heterocycles. The van der Waals surface area contributed by atoms with Crippen LogP contribution in [-0.2, 0) is 4.79 Å². The van der Waals surface area contributed by atoms with Crippen molar-refractivity contribution in [3.63, 3.8) is 0 Å². The van der Waals surface area contributed by atoms with Crippen LogP contribution in [-0.4, -0.2) is 34.2 Å². The molecule has 0 radical (unpaired) electrons. The van der Waals surface area contributed by atoms with Gasteiger partial charge in [0.05, 0.1) is 24.9 Å². The third-order valence-electron chi connectivity index (χ3n) is 3.68. The van der Waals surface area contributed by atoms with Crippen molar-refractivity contribution in [2.24, 2.45) is 11.8 Å². The molecule has 2 rings (SSSR count). The summed E-state index contributed by atoms with van der Waals surface area (Å²) in [5.41, 5.74) is 0. The Morgan fingerprint density at radius 3 is 3.00 bits per heavy atom. The predicted molar refractivity (Wildman–Crippen MR) is 74.8 cm³/mol. The van der Waals surface area contributed by atoms with Crippen molar-refractivity contribution in [1.29, 1.82) is 0 Å². The molecule has 1 fully saturated rings. The summed E-state index contributed by atoms with van der Waals surface area (Å²) in [6.45, 7) is 3.05. The minimum Gasteiger partial charge on any atom is -0.481 e. The number of carbonyl (C=O) groups is 1. The minimum absolute atomic E-state index is 0.152. The number of ether oxygens (including phenoxy) is 1. The van der Waals surface area contributed by atoms with Crippen molar-refractivity contribution in [2.45, 2.75) is 32.6 Å². The number of hydrogen-bond donors (Lipinski definition) is 2. The van der Waals surface area contributed by atoms with Crippen LogP contribution in [0, 0.1) is 11.8 Å². The molecule has 0 bridgehead atoms. The van der Waals surface area contributed by atoms with Gasteiger partial charge in [-0.15, -0.1) is 0 Å². The largest absolute Gasteiger partial charge is 0.481 e. The van der Waals surface area contributed by atoms with Crippen LogP contribution in [0.15, 0.2) is 12.4 Å². The maximum atomic E-state index is 11.2. The van der Waals surface area contributed by atoms with Crippen LogP contribution in [0.3, 0.4) is 0 Å². The lowest BCUT2D eigenvalue weighted by Gasteiger charge is -2.28. The lowest BCUT2D eigenvalue weighted by atomic mass is 9.79. The third kappa shape index (κ3) is 3.82. The molecule has 20 heavy (non-hydrogen) atoms. The second-order valence-electron chi connectivity index (χ2n) is 5.05. The van der Waals surface area contributed by atoms with E-state index in [1.807, 2.05) is 6.92 Å². The molecular formula is C14H21N3O3. The van der Waals surface area contributed by atoms with Gasteiger partial charge in [-0.05, 0) is 25.7 Å². The molecule has 1 heterocycles. The second kappa shape index (κ2) is 7.07. The molecule has 0 spiro atoms. The van der Waals surface area contributed by atoms with Gasteiger partial charge in [0.1, 0.15) is 5.82 Å². The Balaban J connectivity index is 1.93. The van der Waals surface area contributed by atoms with Gasteiger partial charge in [0.2, 0.25) is 5.88 Å². The maximum Gasteiger partial charge on any atom is 0.306 e. The highest BCUT2D eigenvalue weighted by molar-refractivity contribution is 5.70. The van der Waals surface area contributed by atoms with Gasteiger partial charge < -0.3 is 15.2 Å². The molecule has 2 unspecified atom stereocenters. The van der Waals surface area contributed by atoms with Crippen LogP contribution >= 0.6 is 0 Å². The Hall–Kier alpha value is -1.85. The van der Waals surface area contributed by atoms with Crippen molar-refractivity contribution < 1.29 is 14.6 Å². The van der Waals surface area contributed by atoms with Crippen molar-refractivity contribution in [3.05, 3.63) is 12.4 Å². The Kier molecular flexibility index (Phi) is 5.15. The number of anilines is 1. The summed E-state index contributed by atoms with van der Waals surface area (Å²) in [6, 6.07) is 0. The second-order valence-corrected chi connectivity index (χ2v) is 5.05. The van der Waals surface area contributed by atoms with Crippen LogP contribution in [0.25, 0.3) is 0 Å². The van der Waals surface area contributed by atoms with E-state index in [1.54, 1.807) is 12.4 Å². The van der Waals surface area contributed by atoms with E-state index in [-0.39, 0.29) is 11.8 Å². The van der Waals surface area contributed by atoms with Crippen molar-refractivity contribution in [2.75, 3.05) is 18.5 Å². The minimum atomic E-state index is -0.689. The quantitative estimate of drug-likeness (QED) is 0.830. The number of nitrogens with zero attached hydrogens (tertiary/aromatic N) is 2. The highest BCUT2D eigenvalue weighted by atomic mass is 16.5. The van der Waals surface area contributed by atoms with E-state index in [9.17, 15) is 9.90 Å². The molecule has 2 N–H and O–H groups in total. The van der Waals surface area contributed by atoms with Gasteiger partial charge in [-0.25, -0.2) is 0 Å². The van der Waals surface area contributed by atoms with Crippen LogP contribution in [0.5, 0.6) is 5.88 Å². The number of aliphatic carboxylic acids is 1. The zero-order chi connectivity index (χ0) is 14.4. The lowest BCUT2D eigenvalue weighted by Crippen LogP contribution is -2.31. The molecule has 110 valence electrons. The van der Waals surface area contributed by atoms with E-state index >= 15 is 0 Å². The summed E-state index contributed by atoms with van der Waals surface area (Å²) >= 11 is 0. The fourth-order valence-electron chi connectivity index (χ4n) is 2.66. The third-order valence-corrected chi connectivity index (χ3v) is 3.68. The van der Waals surface area contributed by atoms with E-state index in [4.69, 9.17) is 4.74 Å². The average molecular weight is 279 g/mol. The van der Waals surface area contributed by atoms with E-state index in [0.29, 0.717) is 24.8 Å². The molecule has 6 nitrogen and oxygen atoms in total. The summed E-state index contributed by atoms with van der Waals surface area (Å²) in [5, 5.41) is 12.4. The van der Waals surface area contributed by atoms with E-state index in [0.717, 1.165) is 25.7 Å². The monoisotopic (exact) mass is 279 g/mol. The number of carboxylic acids is 1. The fourth-order valence-corrected chi connectivity index (χ4v) is 2.66. The smallest absolute Gasteiger partial charge is 0.306 e. The van der Waals surface area contributed by atoms with Crippen molar-refractivity contribution >= 4 is 11.8 Å². The Morgan fingerprint density at radius 1 is 1.45 bits per heavy atom. The van der Waals surface area contributed by atoms with Gasteiger partial charge in [-0.2, -0.15) is 4.98 Å². The number of carboxylic acid groups (broad SMARTS) is 1. The summed E-state index contributed by atoms with van der Waals surface area (Å²) in [4.78, 5) is 19.6. The average Bonchev–Trinajstić information content (AvgIpc) is 2.46. The van der Waals surface area contributed by atoms with Crippen LogP contribution in [0.2, 0.25) is 0 Å². The van der Waals surface area contributed by atoms with Gasteiger partial charge in [-0.1, -0.05) is 12.8 Å². The Bertz CT molecular complexity index is 453. The number of rotatable bonds is 6. The van der Waals surface area contributed by atoms with Crippen LogP contribution in [0.1, 0.15) is 32.6 Å². The van der Waals surface area contributed by atoms with Gasteiger partial charge in [0.15, 0.2) is 0 Å². The molecule has 1 aliphatic rings. The summed E-state index contributed by atoms with van der Waals surface area (Å²) in [5.74, 6) is 0.324. The van der Waals surface area contributed by atoms with Crippen LogP contribution < -0.4 is 10.1 Å². The molecular weight excluding hydrogens is 258 g/mol. The Morgan fingerprint density at radius 2 is 2.25 bits per heavy atom. The predicted octanol–water partition coefficient (Wildman–Crippen LogP) is 2.18. The van der Waals surface area contributed by atoms with Gasteiger partial charge in [-0.3, -0.25) is 9.78 Å². The maximum absolute atomic E-state index is 11.2. The van der Waals surface area contributed by atoms with Crippen molar-refractivity contribution in [3.8, 4) is 5.88 Å². The first-order chi connectivity index (χ1) is 9.70. The highest BCUT2D eigenvalue weighted by Gasteiger charge is 2.30. The molecule has 0 aliphatic heterocycles. The van der Waals surface area contributed by atoms with Gasteiger partial charge in [0.25, 0.3) is 0 Å². The highest BCUT2D eigenvalue weighted by Crippen LogP contribution is 2.30.